The van der Waals surface area contributed by atoms with Crippen LogP contribution in [0.5, 0.6) is 5.75 Å². The second-order valence-corrected chi connectivity index (χ2v) is 13.8. The first-order valence-electron chi connectivity index (χ1n) is 14.8. The lowest BCUT2D eigenvalue weighted by molar-refractivity contribution is -0.140. The SMILES string of the molecule is COc1ccc(N(CC(=O)N(Cc2ccccc2Cl)C(Cc2ccccc2)C(=O)NCC(C)C)S(=O)(=O)c2ccccc2)cc1Cl. The van der Waals surface area contributed by atoms with Gasteiger partial charge in [-0.1, -0.05) is 104 Å². The molecule has 0 heterocycles. The second-order valence-electron chi connectivity index (χ2n) is 11.1. The fourth-order valence-electron chi connectivity index (χ4n) is 4.85. The van der Waals surface area contributed by atoms with Gasteiger partial charge in [-0.2, -0.15) is 0 Å². The Labute approximate surface area is 280 Å². The molecular weight excluding hydrogens is 645 g/mol. The number of anilines is 1. The summed E-state index contributed by atoms with van der Waals surface area (Å²) < 4.78 is 34.5. The van der Waals surface area contributed by atoms with Crippen LogP contribution >= 0.6 is 23.2 Å². The molecule has 8 nitrogen and oxygen atoms in total. The Morgan fingerprint density at radius 1 is 0.848 bits per heavy atom. The summed E-state index contributed by atoms with van der Waals surface area (Å²) in [4.78, 5) is 29.8. The number of methoxy groups -OCH3 is 1. The van der Waals surface area contributed by atoms with E-state index in [1.165, 1.54) is 42.3 Å². The summed E-state index contributed by atoms with van der Waals surface area (Å²) in [5.41, 5.74) is 1.60. The second kappa shape index (κ2) is 16.0. The molecule has 0 bridgehead atoms. The topological polar surface area (TPSA) is 96.0 Å². The molecule has 4 rings (SSSR count). The summed E-state index contributed by atoms with van der Waals surface area (Å²) in [7, 11) is -2.82. The summed E-state index contributed by atoms with van der Waals surface area (Å²) in [6.45, 7) is 3.70. The highest BCUT2D eigenvalue weighted by Crippen LogP contribution is 2.32. The number of amides is 2. The number of benzene rings is 4. The minimum absolute atomic E-state index is 0.0112. The number of ether oxygens (including phenoxy) is 1. The van der Waals surface area contributed by atoms with Crippen molar-refractivity contribution in [2.75, 3.05) is 24.5 Å². The molecule has 4 aromatic rings. The molecular formula is C35H37Cl2N3O5S. The van der Waals surface area contributed by atoms with Crippen LogP contribution in [-0.4, -0.2) is 51.4 Å². The first kappa shape index (κ1) is 34.8. The fourth-order valence-corrected chi connectivity index (χ4v) is 6.72. The van der Waals surface area contributed by atoms with Crippen molar-refractivity contribution in [2.24, 2.45) is 5.92 Å². The highest BCUT2D eigenvalue weighted by molar-refractivity contribution is 7.92. The molecule has 0 fully saturated rings. The summed E-state index contributed by atoms with van der Waals surface area (Å²) in [6, 6.07) is 27.7. The lowest BCUT2D eigenvalue weighted by atomic mass is 10.0. The van der Waals surface area contributed by atoms with Gasteiger partial charge in [0.25, 0.3) is 10.0 Å². The van der Waals surface area contributed by atoms with Gasteiger partial charge in [0.15, 0.2) is 0 Å². The Kier molecular flexibility index (Phi) is 12.1. The summed E-state index contributed by atoms with van der Waals surface area (Å²) >= 11 is 13.0. The maximum atomic E-state index is 14.5. The number of carbonyl (C=O) groups is 2. The van der Waals surface area contributed by atoms with Gasteiger partial charge in [-0.15, -0.1) is 0 Å². The molecule has 0 spiro atoms. The largest absolute Gasteiger partial charge is 0.495 e. The Morgan fingerprint density at radius 3 is 2.09 bits per heavy atom. The summed E-state index contributed by atoms with van der Waals surface area (Å²) in [6.07, 6.45) is 0.195. The molecule has 46 heavy (non-hydrogen) atoms. The summed E-state index contributed by atoms with van der Waals surface area (Å²) in [5, 5.41) is 3.55. The first-order chi connectivity index (χ1) is 22.0. The Hall–Kier alpha value is -4.05. The number of sulfonamides is 1. The average molecular weight is 683 g/mol. The molecule has 2 amide bonds. The molecule has 1 N–H and O–H groups in total. The van der Waals surface area contributed by atoms with Crippen molar-refractivity contribution >= 4 is 50.7 Å². The quantitative estimate of drug-likeness (QED) is 0.162. The van der Waals surface area contributed by atoms with Gasteiger partial charge in [0.1, 0.15) is 18.3 Å². The van der Waals surface area contributed by atoms with Crippen LogP contribution in [0.15, 0.2) is 108 Å². The van der Waals surface area contributed by atoms with Crippen LogP contribution in [0.2, 0.25) is 10.0 Å². The van der Waals surface area contributed by atoms with E-state index in [-0.39, 0.29) is 40.4 Å². The third kappa shape index (κ3) is 8.81. The van der Waals surface area contributed by atoms with Crippen molar-refractivity contribution in [1.29, 1.82) is 0 Å². The van der Waals surface area contributed by atoms with E-state index < -0.39 is 28.5 Å². The van der Waals surface area contributed by atoms with Crippen LogP contribution in [-0.2, 0) is 32.6 Å². The molecule has 0 aliphatic carbocycles. The van der Waals surface area contributed by atoms with Gasteiger partial charge in [0, 0.05) is 24.5 Å². The molecule has 0 radical (unpaired) electrons. The minimum atomic E-state index is -4.27. The van der Waals surface area contributed by atoms with Gasteiger partial charge in [0.2, 0.25) is 11.8 Å². The van der Waals surface area contributed by atoms with Gasteiger partial charge in [-0.3, -0.25) is 13.9 Å². The zero-order chi connectivity index (χ0) is 33.3. The predicted octanol–water partition coefficient (Wildman–Crippen LogP) is 6.61. The van der Waals surface area contributed by atoms with Crippen molar-refractivity contribution in [3.63, 3.8) is 0 Å². The van der Waals surface area contributed by atoms with Gasteiger partial charge in [0.05, 0.1) is 22.7 Å². The van der Waals surface area contributed by atoms with Crippen LogP contribution in [0, 0.1) is 5.92 Å². The van der Waals surface area contributed by atoms with Gasteiger partial charge in [-0.25, -0.2) is 8.42 Å². The van der Waals surface area contributed by atoms with Crippen molar-refractivity contribution < 1.29 is 22.7 Å². The zero-order valence-electron chi connectivity index (χ0n) is 25.9. The third-order valence-corrected chi connectivity index (χ3v) is 9.74. The number of hydrogen-bond donors (Lipinski definition) is 1. The summed E-state index contributed by atoms with van der Waals surface area (Å²) in [5.74, 6) is -0.450. The molecule has 4 aromatic carbocycles. The van der Waals surface area contributed by atoms with Crippen molar-refractivity contribution in [2.45, 2.75) is 37.8 Å². The number of nitrogens with zero attached hydrogens (tertiary/aromatic N) is 2. The van der Waals surface area contributed by atoms with E-state index in [0.29, 0.717) is 22.9 Å². The standard InChI is InChI=1S/C35H37Cl2N3O5S/c1-25(2)22-38-35(42)32(20-26-12-6-4-7-13-26)39(23-27-14-10-11-17-30(27)36)34(41)24-40(28-18-19-33(45-3)31(37)21-28)46(43,44)29-15-8-5-9-16-29/h4-19,21,25,32H,20,22-24H2,1-3H3,(H,38,42). The molecule has 0 saturated heterocycles. The number of rotatable bonds is 14. The number of hydrogen-bond acceptors (Lipinski definition) is 5. The molecule has 0 aliphatic heterocycles. The fraction of sp³-hybridized carbons (Fsp3) is 0.257. The molecule has 1 unspecified atom stereocenters. The van der Waals surface area contributed by atoms with Crippen molar-refractivity contribution in [3.05, 3.63) is 124 Å². The zero-order valence-corrected chi connectivity index (χ0v) is 28.2. The molecule has 1 atom stereocenters. The van der Waals surface area contributed by atoms with Crippen LogP contribution in [0.1, 0.15) is 25.0 Å². The van der Waals surface area contributed by atoms with Crippen molar-refractivity contribution in [3.8, 4) is 5.75 Å². The normalized spacial score (nSPS) is 12.0. The predicted molar refractivity (Wildman–Crippen MR) is 183 cm³/mol. The van der Waals surface area contributed by atoms with E-state index in [4.69, 9.17) is 27.9 Å². The highest BCUT2D eigenvalue weighted by Gasteiger charge is 2.35. The van der Waals surface area contributed by atoms with E-state index in [1.54, 1.807) is 42.5 Å². The molecule has 0 aliphatic rings. The maximum absolute atomic E-state index is 14.5. The molecule has 0 aromatic heterocycles. The molecule has 0 saturated carbocycles. The Balaban J connectivity index is 1.82. The monoisotopic (exact) mass is 681 g/mol. The minimum Gasteiger partial charge on any atom is -0.495 e. The smallest absolute Gasteiger partial charge is 0.264 e. The van der Waals surface area contributed by atoms with E-state index in [0.717, 1.165) is 9.87 Å². The Morgan fingerprint density at radius 2 is 1.48 bits per heavy atom. The first-order valence-corrected chi connectivity index (χ1v) is 17.0. The lowest BCUT2D eigenvalue weighted by Gasteiger charge is -2.34. The van der Waals surface area contributed by atoms with Gasteiger partial charge in [-0.05, 0) is 53.4 Å². The van der Waals surface area contributed by atoms with E-state index in [1.807, 2.05) is 44.2 Å². The number of carbonyl (C=O) groups excluding carboxylic acids is 2. The number of nitrogens with one attached hydrogen (secondary N) is 1. The highest BCUT2D eigenvalue weighted by atomic mass is 35.5. The molecule has 11 heteroatoms. The average Bonchev–Trinajstić information content (AvgIpc) is 3.05. The van der Waals surface area contributed by atoms with E-state index in [2.05, 4.69) is 5.32 Å². The third-order valence-electron chi connectivity index (χ3n) is 7.29. The number of halogens is 2. The van der Waals surface area contributed by atoms with Gasteiger partial charge >= 0.3 is 0 Å². The Bertz CT molecular complexity index is 1740. The van der Waals surface area contributed by atoms with Gasteiger partial charge < -0.3 is 15.0 Å². The lowest BCUT2D eigenvalue weighted by Crippen LogP contribution is -2.53. The van der Waals surface area contributed by atoms with Crippen LogP contribution in [0.3, 0.4) is 0 Å². The van der Waals surface area contributed by atoms with E-state index >= 15 is 0 Å². The van der Waals surface area contributed by atoms with Crippen LogP contribution < -0.4 is 14.4 Å². The van der Waals surface area contributed by atoms with Crippen LogP contribution in [0.25, 0.3) is 0 Å². The van der Waals surface area contributed by atoms with E-state index in [9.17, 15) is 18.0 Å². The van der Waals surface area contributed by atoms with Crippen molar-refractivity contribution in [1.82, 2.24) is 10.2 Å². The maximum Gasteiger partial charge on any atom is 0.264 e. The molecule has 242 valence electrons. The van der Waals surface area contributed by atoms with Crippen LogP contribution in [0.4, 0.5) is 5.69 Å².